The average Bonchev–Trinajstić information content (AvgIpc) is 2.99. The van der Waals surface area contributed by atoms with Gasteiger partial charge in [-0.2, -0.15) is 0 Å². The maximum Gasteiger partial charge on any atom is 0.341 e. The highest BCUT2D eigenvalue weighted by Gasteiger charge is 2.35. The lowest BCUT2D eigenvalue weighted by molar-refractivity contribution is -0.139. The van der Waals surface area contributed by atoms with E-state index in [0.717, 1.165) is 11.1 Å². The van der Waals surface area contributed by atoms with Crippen molar-refractivity contribution in [2.45, 2.75) is 13.0 Å². The Bertz CT molecular complexity index is 974. The number of carboxylic acids is 1. The Balaban J connectivity index is 1.83. The maximum atomic E-state index is 13.0. The fourth-order valence-electron chi connectivity index (χ4n) is 2.88. The molecule has 0 spiro atoms. The van der Waals surface area contributed by atoms with Crippen LogP contribution in [0, 0.1) is 0 Å². The minimum atomic E-state index is -1.08. The molecule has 8 heteroatoms. The summed E-state index contributed by atoms with van der Waals surface area (Å²) in [7, 11) is 1.47. The zero-order valence-electron chi connectivity index (χ0n) is 15.8. The van der Waals surface area contributed by atoms with Crippen LogP contribution in [-0.2, 0) is 9.59 Å². The van der Waals surface area contributed by atoms with Crippen molar-refractivity contribution >= 4 is 46.3 Å². The van der Waals surface area contributed by atoms with E-state index in [1.807, 2.05) is 37.3 Å². The van der Waals surface area contributed by atoms with E-state index in [1.165, 1.54) is 18.9 Å². The first-order chi connectivity index (χ1) is 13.9. The lowest BCUT2D eigenvalue weighted by Crippen LogP contribution is -2.30. The summed E-state index contributed by atoms with van der Waals surface area (Å²) in [6.45, 7) is 1.48. The smallest absolute Gasteiger partial charge is 0.341 e. The van der Waals surface area contributed by atoms with Crippen LogP contribution in [0.3, 0.4) is 0 Å². The first kappa shape index (κ1) is 20.9. The van der Waals surface area contributed by atoms with Gasteiger partial charge in [0.2, 0.25) is 0 Å². The van der Waals surface area contributed by atoms with Crippen LogP contribution in [0.15, 0.2) is 53.4 Å². The van der Waals surface area contributed by atoms with Crippen LogP contribution in [-0.4, -0.2) is 39.9 Å². The van der Waals surface area contributed by atoms with Crippen LogP contribution < -0.4 is 9.47 Å². The molecule has 29 heavy (non-hydrogen) atoms. The van der Waals surface area contributed by atoms with E-state index >= 15 is 0 Å². The second kappa shape index (κ2) is 9.11. The van der Waals surface area contributed by atoms with E-state index in [9.17, 15) is 9.59 Å². The van der Waals surface area contributed by atoms with Gasteiger partial charge in [0.15, 0.2) is 18.1 Å². The topological polar surface area (TPSA) is 76.1 Å². The number of amides is 1. The number of hydrogen-bond donors (Lipinski definition) is 1. The number of methoxy groups -OCH3 is 1. The Hall–Kier alpha value is -2.84. The largest absolute Gasteiger partial charge is 0.493 e. The zero-order valence-corrected chi connectivity index (χ0v) is 17.5. The van der Waals surface area contributed by atoms with Gasteiger partial charge < -0.3 is 14.6 Å². The highest BCUT2D eigenvalue weighted by Crippen LogP contribution is 2.38. The fraction of sp³-hybridized carbons (Fsp3) is 0.190. The van der Waals surface area contributed by atoms with Crippen molar-refractivity contribution in [1.29, 1.82) is 0 Å². The minimum absolute atomic E-state index is 0.151. The Morgan fingerprint density at radius 3 is 2.62 bits per heavy atom. The number of carbonyl (C=O) groups excluding carboxylic acids is 1. The number of thiocarbonyl (C=S) groups is 1. The molecule has 0 aromatic heterocycles. The van der Waals surface area contributed by atoms with Crippen molar-refractivity contribution in [1.82, 2.24) is 4.90 Å². The summed E-state index contributed by atoms with van der Waals surface area (Å²) in [5.74, 6) is -0.528. The van der Waals surface area contributed by atoms with Gasteiger partial charge in [0, 0.05) is 0 Å². The van der Waals surface area contributed by atoms with Gasteiger partial charge in [-0.3, -0.25) is 9.69 Å². The number of benzene rings is 2. The van der Waals surface area contributed by atoms with E-state index in [0.29, 0.717) is 20.7 Å². The number of ether oxygens (including phenoxy) is 2. The summed E-state index contributed by atoms with van der Waals surface area (Å²) in [6.07, 6.45) is 1.74. The minimum Gasteiger partial charge on any atom is -0.493 e. The number of carbonyl (C=O) groups is 2. The predicted octanol–water partition coefficient (Wildman–Crippen LogP) is 4.12. The van der Waals surface area contributed by atoms with Gasteiger partial charge in [-0.1, -0.05) is 60.4 Å². The van der Waals surface area contributed by atoms with Gasteiger partial charge in [0.05, 0.1) is 18.1 Å². The van der Waals surface area contributed by atoms with Crippen LogP contribution in [0.25, 0.3) is 6.08 Å². The summed E-state index contributed by atoms with van der Waals surface area (Å²) in [4.78, 5) is 25.8. The van der Waals surface area contributed by atoms with E-state index in [-0.39, 0.29) is 11.9 Å². The van der Waals surface area contributed by atoms with Crippen LogP contribution in [0.4, 0.5) is 0 Å². The van der Waals surface area contributed by atoms with Crippen LogP contribution in [0.2, 0.25) is 0 Å². The van der Waals surface area contributed by atoms with Crippen LogP contribution in [0.5, 0.6) is 11.5 Å². The molecule has 2 aromatic carbocycles. The van der Waals surface area contributed by atoms with Crippen molar-refractivity contribution < 1.29 is 24.2 Å². The quantitative estimate of drug-likeness (QED) is 0.524. The molecule has 0 saturated carbocycles. The second-order valence-corrected chi connectivity index (χ2v) is 7.91. The highest BCUT2D eigenvalue weighted by molar-refractivity contribution is 8.26. The van der Waals surface area contributed by atoms with E-state index < -0.39 is 12.6 Å². The SMILES string of the molecule is COc1cc(/C=C2\SC(=S)N(C(C)c3ccccc3)C2=O)ccc1OCC(=O)O. The normalized spacial score (nSPS) is 16.2. The monoisotopic (exact) mass is 429 g/mol. The number of thioether (sulfide) groups is 1. The molecular formula is C21H19NO5S2. The summed E-state index contributed by atoms with van der Waals surface area (Å²) in [5.41, 5.74) is 1.73. The first-order valence-corrected chi connectivity index (χ1v) is 9.98. The van der Waals surface area contributed by atoms with Gasteiger partial charge in [0.1, 0.15) is 4.32 Å². The highest BCUT2D eigenvalue weighted by atomic mass is 32.2. The third kappa shape index (κ3) is 4.78. The van der Waals surface area contributed by atoms with Gasteiger partial charge in [-0.15, -0.1) is 0 Å². The third-order valence-electron chi connectivity index (χ3n) is 4.33. The number of carboxylic acid groups (broad SMARTS) is 1. The number of nitrogens with zero attached hydrogens (tertiary/aromatic N) is 1. The standard InChI is InChI=1S/C21H19NO5S2/c1-13(15-6-4-3-5-7-15)22-20(25)18(29-21(22)28)11-14-8-9-16(17(10-14)26-2)27-12-19(23)24/h3-11,13H,12H2,1-2H3,(H,23,24)/b18-11-. The van der Waals surface area contributed by atoms with Crippen LogP contribution in [0.1, 0.15) is 24.1 Å². The second-order valence-electron chi connectivity index (χ2n) is 6.23. The average molecular weight is 430 g/mol. The first-order valence-electron chi connectivity index (χ1n) is 8.75. The molecule has 1 heterocycles. The molecule has 1 aliphatic heterocycles. The fourth-order valence-corrected chi connectivity index (χ4v) is 4.30. The van der Waals surface area contributed by atoms with E-state index in [1.54, 1.807) is 29.2 Å². The Labute approximate surface area is 178 Å². The molecule has 1 amide bonds. The summed E-state index contributed by atoms with van der Waals surface area (Å²) < 4.78 is 11.0. The van der Waals surface area contributed by atoms with Crippen molar-refractivity contribution in [2.75, 3.05) is 13.7 Å². The van der Waals surface area contributed by atoms with Crippen molar-refractivity contribution in [2.24, 2.45) is 0 Å². The number of rotatable bonds is 7. The molecule has 1 fully saturated rings. The molecule has 0 aliphatic carbocycles. The van der Waals surface area contributed by atoms with Crippen molar-refractivity contribution in [3.8, 4) is 11.5 Å². The predicted molar refractivity (Wildman–Crippen MR) is 116 cm³/mol. The molecule has 1 unspecified atom stereocenters. The van der Waals surface area contributed by atoms with Gasteiger partial charge in [-0.25, -0.2) is 4.79 Å². The Kier molecular flexibility index (Phi) is 6.56. The molecule has 150 valence electrons. The van der Waals surface area contributed by atoms with Gasteiger partial charge in [0.25, 0.3) is 5.91 Å². The summed E-state index contributed by atoms with van der Waals surface area (Å²) in [5, 5.41) is 8.76. The summed E-state index contributed by atoms with van der Waals surface area (Å²) in [6, 6.07) is 14.6. The van der Waals surface area contributed by atoms with Gasteiger partial charge >= 0.3 is 5.97 Å². The number of hydrogen-bond acceptors (Lipinski definition) is 6. The van der Waals surface area contributed by atoms with E-state index in [2.05, 4.69) is 0 Å². The zero-order chi connectivity index (χ0) is 21.0. The molecule has 2 aromatic rings. The molecule has 1 N–H and O–H groups in total. The number of aliphatic carboxylic acids is 1. The molecule has 1 atom stereocenters. The van der Waals surface area contributed by atoms with Crippen molar-refractivity contribution in [3.05, 3.63) is 64.6 Å². The summed E-state index contributed by atoms with van der Waals surface area (Å²) >= 11 is 6.69. The third-order valence-corrected chi connectivity index (χ3v) is 5.66. The van der Waals surface area contributed by atoms with Crippen molar-refractivity contribution in [3.63, 3.8) is 0 Å². The molecule has 1 saturated heterocycles. The molecule has 3 rings (SSSR count). The molecular weight excluding hydrogens is 410 g/mol. The lowest BCUT2D eigenvalue weighted by atomic mass is 10.1. The molecule has 1 aliphatic rings. The molecule has 0 bridgehead atoms. The maximum absolute atomic E-state index is 13.0. The van der Waals surface area contributed by atoms with Crippen LogP contribution >= 0.6 is 24.0 Å². The molecule has 6 nitrogen and oxygen atoms in total. The Morgan fingerprint density at radius 1 is 1.24 bits per heavy atom. The van der Waals surface area contributed by atoms with Gasteiger partial charge in [-0.05, 0) is 36.3 Å². The lowest BCUT2D eigenvalue weighted by Gasteiger charge is -2.23. The van der Waals surface area contributed by atoms with E-state index in [4.69, 9.17) is 26.8 Å². The Morgan fingerprint density at radius 2 is 1.97 bits per heavy atom. The molecule has 0 radical (unpaired) electrons.